The van der Waals surface area contributed by atoms with Crippen LogP contribution >= 0.6 is 11.3 Å². The fourth-order valence-electron chi connectivity index (χ4n) is 4.71. The quantitative estimate of drug-likeness (QED) is 0.498. The van der Waals surface area contributed by atoms with E-state index >= 15 is 0 Å². The summed E-state index contributed by atoms with van der Waals surface area (Å²) in [7, 11) is 0. The van der Waals surface area contributed by atoms with Crippen LogP contribution in [0.2, 0.25) is 0 Å². The molecule has 0 amide bonds. The Labute approximate surface area is 191 Å². The first-order chi connectivity index (χ1) is 15.7. The maximum atomic E-state index is 4.88. The summed E-state index contributed by atoms with van der Waals surface area (Å²) in [4.78, 5) is 23.8. The number of hydrogen-bond donors (Lipinski definition) is 1. The van der Waals surface area contributed by atoms with Gasteiger partial charge in [-0.1, -0.05) is 12.1 Å². The highest BCUT2D eigenvalue weighted by atomic mass is 32.1. The topological polar surface area (TPSA) is 70.1 Å². The maximum Gasteiger partial charge on any atom is 0.143 e. The molecule has 0 aliphatic carbocycles. The van der Waals surface area contributed by atoms with Crippen LogP contribution in [-0.2, 0) is 0 Å². The molecule has 0 saturated carbocycles. The van der Waals surface area contributed by atoms with Gasteiger partial charge in [-0.2, -0.15) is 0 Å². The zero-order valence-corrected chi connectivity index (χ0v) is 18.8. The Bertz CT molecular complexity index is 1270. The van der Waals surface area contributed by atoms with Gasteiger partial charge < -0.3 is 10.2 Å². The van der Waals surface area contributed by atoms with Gasteiger partial charge >= 0.3 is 0 Å². The number of nitrogens with zero attached hydrogens (tertiary/aromatic N) is 6. The predicted molar refractivity (Wildman–Crippen MR) is 130 cm³/mol. The summed E-state index contributed by atoms with van der Waals surface area (Å²) in [6, 6.07) is 12.8. The van der Waals surface area contributed by atoms with Crippen LogP contribution in [0.25, 0.3) is 20.9 Å². The third kappa shape index (κ3) is 3.69. The molecule has 4 aromatic heterocycles. The van der Waals surface area contributed by atoms with Crippen LogP contribution in [0.3, 0.4) is 0 Å². The average Bonchev–Trinajstić information content (AvgIpc) is 3.45. The summed E-state index contributed by atoms with van der Waals surface area (Å²) in [5.74, 6) is 2.58. The lowest BCUT2D eigenvalue weighted by atomic mass is 10.1. The Morgan fingerprint density at radius 3 is 2.94 bits per heavy atom. The lowest BCUT2D eigenvalue weighted by Crippen LogP contribution is -2.50. The molecule has 2 aliphatic heterocycles. The third-order valence-electron chi connectivity index (χ3n) is 6.39. The van der Waals surface area contributed by atoms with Crippen LogP contribution in [0.15, 0.2) is 48.8 Å². The molecular formula is C24H25N7S. The molecule has 0 radical (unpaired) electrons. The molecule has 4 aromatic rings. The van der Waals surface area contributed by atoms with Crippen LogP contribution in [0, 0.1) is 6.92 Å². The summed E-state index contributed by atoms with van der Waals surface area (Å²) in [6.45, 7) is 6.54. The number of fused-ring (bicyclic) bond motifs is 2. The minimum absolute atomic E-state index is 0.674. The molecule has 1 N–H and O–H groups in total. The molecule has 1 atom stereocenters. The van der Waals surface area contributed by atoms with E-state index in [9.17, 15) is 0 Å². The van der Waals surface area contributed by atoms with Gasteiger partial charge in [0.05, 0.1) is 10.2 Å². The fourth-order valence-corrected chi connectivity index (χ4v) is 5.69. The Balaban J connectivity index is 1.23. The summed E-state index contributed by atoms with van der Waals surface area (Å²) in [5, 5.41) is 4.29. The van der Waals surface area contributed by atoms with E-state index < -0.39 is 0 Å². The average molecular weight is 444 g/mol. The Morgan fingerprint density at radius 2 is 2.00 bits per heavy atom. The molecule has 0 aromatic carbocycles. The molecule has 0 bridgehead atoms. The van der Waals surface area contributed by atoms with Crippen molar-refractivity contribution in [3.8, 4) is 10.7 Å². The highest BCUT2D eigenvalue weighted by Gasteiger charge is 2.31. The van der Waals surface area contributed by atoms with Gasteiger partial charge in [-0.15, -0.1) is 11.3 Å². The first-order valence-electron chi connectivity index (χ1n) is 11.1. The van der Waals surface area contributed by atoms with Crippen molar-refractivity contribution in [1.29, 1.82) is 0 Å². The zero-order valence-electron chi connectivity index (χ0n) is 18.0. The van der Waals surface area contributed by atoms with E-state index in [4.69, 9.17) is 9.97 Å². The second kappa shape index (κ2) is 8.11. The Morgan fingerprint density at radius 1 is 1.03 bits per heavy atom. The summed E-state index contributed by atoms with van der Waals surface area (Å²) in [5.41, 5.74) is 2.97. The number of thiazole rings is 1. The number of hydrogen-bond acceptors (Lipinski definition) is 8. The lowest BCUT2D eigenvalue weighted by Gasteiger charge is -2.38. The molecular weight excluding hydrogens is 418 g/mol. The van der Waals surface area contributed by atoms with Crippen LogP contribution in [0.5, 0.6) is 0 Å². The minimum Gasteiger partial charge on any atom is -0.354 e. The van der Waals surface area contributed by atoms with E-state index in [-0.39, 0.29) is 0 Å². The van der Waals surface area contributed by atoms with E-state index in [1.165, 1.54) is 19.4 Å². The van der Waals surface area contributed by atoms with Crippen molar-refractivity contribution in [1.82, 2.24) is 24.8 Å². The zero-order chi connectivity index (χ0) is 21.5. The number of pyridine rings is 3. The molecule has 0 unspecified atom stereocenters. The summed E-state index contributed by atoms with van der Waals surface area (Å²) < 4.78 is 1.05. The number of anilines is 3. The van der Waals surface area contributed by atoms with Gasteiger partial charge in [-0.25, -0.2) is 15.0 Å². The molecule has 0 spiro atoms. The second-order valence-electron chi connectivity index (χ2n) is 8.51. The standard InChI is InChI=1S/C24H25N7S/c1-16-5-3-9-25-23(16)24-27-18-13-21(26-14-19(18)32-24)28-20-7-2-8-22(29-20)31-12-11-30-10-4-6-17(30)15-31/h2-3,5,7-9,13-14,17H,4,6,10-12,15H2,1H3,(H,26,28,29)/t17-/m0/s1. The van der Waals surface area contributed by atoms with Gasteiger partial charge in [0.15, 0.2) is 0 Å². The highest BCUT2D eigenvalue weighted by molar-refractivity contribution is 7.21. The van der Waals surface area contributed by atoms with Crippen LogP contribution in [0.1, 0.15) is 18.4 Å². The van der Waals surface area contributed by atoms with Gasteiger partial charge in [0.2, 0.25) is 0 Å². The SMILES string of the molecule is Cc1cccnc1-c1nc2cc(Nc3cccc(N4CCN5CCC[C@H]5C4)n3)ncc2s1. The normalized spacial score (nSPS) is 18.8. The summed E-state index contributed by atoms with van der Waals surface area (Å²) in [6.07, 6.45) is 6.30. The van der Waals surface area contributed by atoms with Crippen molar-refractivity contribution in [2.24, 2.45) is 0 Å². The molecule has 2 saturated heterocycles. The largest absolute Gasteiger partial charge is 0.354 e. The van der Waals surface area contributed by atoms with Gasteiger partial charge in [0.1, 0.15) is 28.2 Å². The monoisotopic (exact) mass is 443 g/mol. The predicted octanol–water partition coefficient (Wildman–Crippen LogP) is 4.48. The van der Waals surface area contributed by atoms with Crippen LogP contribution in [0.4, 0.5) is 17.5 Å². The molecule has 32 heavy (non-hydrogen) atoms. The first kappa shape index (κ1) is 19.6. The van der Waals surface area contributed by atoms with Gasteiger partial charge in [-0.3, -0.25) is 9.88 Å². The van der Waals surface area contributed by atoms with E-state index in [1.54, 1.807) is 11.3 Å². The van der Waals surface area contributed by atoms with Crippen molar-refractivity contribution in [3.05, 3.63) is 54.4 Å². The molecule has 2 aliphatic rings. The van der Waals surface area contributed by atoms with Crippen molar-refractivity contribution >= 4 is 39.0 Å². The van der Waals surface area contributed by atoms with E-state index in [0.717, 1.165) is 63.6 Å². The molecule has 7 nitrogen and oxygen atoms in total. The number of aryl methyl sites for hydroxylation is 1. The van der Waals surface area contributed by atoms with Gasteiger partial charge in [-0.05, 0) is 50.1 Å². The third-order valence-corrected chi connectivity index (χ3v) is 7.40. The highest BCUT2D eigenvalue weighted by Crippen LogP contribution is 2.32. The minimum atomic E-state index is 0.674. The fraction of sp³-hybridized carbons (Fsp3) is 0.333. The van der Waals surface area contributed by atoms with Gasteiger partial charge in [0.25, 0.3) is 0 Å². The molecule has 162 valence electrons. The van der Waals surface area contributed by atoms with Crippen molar-refractivity contribution < 1.29 is 0 Å². The maximum absolute atomic E-state index is 4.88. The number of nitrogens with one attached hydrogen (secondary N) is 1. The van der Waals surface area contributed by atoms with Crippen LogP contribution in [-0.4, -0.2) is 57.1 Å². The molecule has 6 rings (SSSR count). The number of piperazine rings is 1. The molecule has 8 heteroatoms. The summed E-state index contributed by atoms with van der Waals surface area (Å²) >= 11 is 1.62. The van der Waals surface area contributed by atoms with Crippen molar-refractivity contribution in [2.45, 2.75) is 25.8 Å². The van der Waals surface area contributed by atoms with E-state index in [2.05, 4.69) is 50.2 Å². The Hall–Kier alpha value is -3.10. The number of aromatic nitrogens is 4. The van der Waals surface area contributed by atoms with Crippen LogP contribution < -0.4 is 10.2 Å². The smallest absolute Gasteiger partial charge is 0.143 e. The van der Waals surface area contributed by atoms with Crippen molar-refractivity contribution in [2.75, 3.05) is 36.4 Å². The second-order valence-corrected chi connectivity index (χ2v) is 9.54. The first-order valence-corrected chi connectivity index (χ1v) is 12.0. The lowest BCUT2D eigenvalue weighted by molar-refractivity contribution is 0.230. The Kier molecular flexibility index (Phi) is 4.96. The van der Waals surface area contributed by atoms with E-state index in [1.807, 2.05) is 30.6 Å². The van der Waals surface area contributed by atoms with Crippen molar-refractivity contribution in [3.63, 3.8) is 0 Å². The van der Waals surface area contributed by atoms with Gasteiger partial charge in [0, 0.05) is 44.1 Å². The molecule has 6 heterocycles. The van der Waals surface area contributed by atoms with E-state index in [0.29, 0.717) is 6.04 Å². The number of rotatable bonds is 4. The molecule has 2 fully saturated rings.